The van der Waals surface area contributed by atoms with Gasteiger partial charge in [-0.1, -0.05) is 35.0 Å². The molecule has 0 saturated carbocycles. The number of nitrogens with zero attached hydrogens (tertiary/aromatic N) is 3. The Morgan fingerprint density at radius 2 is 1.93 bits per heavy atom. The minimum Gasteiger partial charge on any atom is -0.370 e. The SMILES string of the molecule is CCN(CCNC(=O)CCc1nc(-c2ccc(Cl)cc2)no1)c1ccccc1C. The molecule has 2 aromatic carbocycles. The van der Waals surface area contributed by atoms with E-state index in [0.29, 0.717) is 36.1 Å². The van der Waals surface area contributed by atoms with Gasteiger partial charge in [0.25, 0.3) is 0 Å². The number of benzene rings is 2. The van der Waals surface area contributed by atoms with E-state index in [1.807, 2.05) is 24.3 Å². The van der Waals surface area contributed by atoms with Gasteiger partial charge in [-0.2, -0.15) is 4.98 Å². The third-order valence-electron chi connectivity index (χ3n) is 4.68. The molecule has 0 aliphatic heterocycles. The zero-order valence-electron chi connectivity index (χ0n) is 16.7. The van der Waals surface area contributed by atoms with Crippen LogP contribution in [-0.4, -0.2) is 35.7 Å². The molecule has 1 heterocycles. The number of hydrogen-bond donors (Lipinski definition) is 1. The van der Waals surface area contributed by atoms with Crippen molar-refractivity contribution in [3.05, 3.63) is 65.0 Å². The summed E-state index contributed by atoms with van der Waals surface area (Å²) in [6.07, 6.45) is 0.709. The molecule has 152 valence electrons. The second-order valence-corrected chi connectivity index (χ2v) is 7.17. The number of carbonyl (C=O) groups excluding carboxylic acids is 1. The maximum Gasteiger partial charge on any atom is 0.227 e. The number of carbonyl (C=O) groups is 1. The van der Waals surface area contributed by atoms with Crippen molar-refractivity contribution in [2.75, 3.05) is 24.5 Å². The van der Waals surface area contributed by atoms with E-state index in [2.05, 4.69) is 46.3 Å². The summed E-state index contributed by atoms with van der Waals surface area (Å²) in [7, 11) is 0. The fourth-order valence-electron chi connectivity index (χ4n) is 3.08. The Bertz CT molecular complexity index is 940. The number of aromatic nitrogens is 2. The molecular formula is C22H25ClN4O2. The number of para-hydroxylation sites is 1. The Kier molecular flexibility index (Phi) is 7.25. The number of amides is 1. The highest BCUT2D eigenvalue weighted by atomic mass is 35.5. The second kappa shape index (κ2) is 10.1. The Balaban J connectivity index is 1.44. The molecule has 0 saturated heterocycles. The summed E-state index contributed by atoms with van der Waals surface area (Å²) in [6, 6.07) is 15.5. The van der Waals surface area contributed by atoms with Gasteiger partial charge in [0.15, 0.2) is 0 Å². The van der Waals surface area contributed by atoms with Crippen LogP contribution in [0.15, 0.2) is 53.1 Å². The van der Waals surface area contributed by atoms with Crippen LogP contribution < -0.4 is 10.2 Å². The van der Waals surface area contributed by atoms with Crippen LogP contribution in [0.1, 0.15) is 24.8 Å². The van der Waals surface area contributed by atoms with Crippen LogP contribution in [0.4, 0.5) is 5.69 Å². The van der Waals surface area contributed by atoms with Crippen molar-refractivity contribution in [1.82, 2.24) is 15.5 Å². The molecule has 6 nitrogen and oxygen atoms in total. The van der Waals surface area contributed by atoms with Gasteiger partial charge >= 0.3 is 0 Å². The standard InChI is InChI=1S/C22H25ClN4O2/c1-3-27(19-7-5-4-6-16(19)2)15-14-24-20(28)12-13-21-25-22(26-29-21)17-8-10-18(23)11-9-17/h4-11H,3,12-15H2,1-2H3,(H,24,28). The third-order valence-corrected chi connectivity index (χ3v) is 4.93. The van der Waals surface area contributed by atoms with Gasteiger partial charge in [0.05, 0.1) is 0 Å². The molecule has 29 heavy (non-hydrogen) atoms. The number of likely N-dealkylation sites (N-methyl/N-ethyl adjacent to an activating group) is 1. The lowest BCUT2D eigenvalue weighted by molar-refractivity contribution is -0.121. The van der Waals surface area contributed by atoms with Crippen LogP contribution in [0.5, 0.6) is 0 Å². The fourth-order valence-corrected chi connectivity index (χ4v) is 3.20. The molecule has 3 aromatic rings. The average molecular weight is 413 g/mol. The average Bonchev–Trinajstić information content (AvgIpc) is 3.20. The van der Waals surface area contributed by atoms with Gasteiger partial charge in [-0.15, -0.1) is 0 Å². The van der Waals surface area contributed by atoms with Crippen LogP contribution in [0.3, 0.4) is 0 Å². The molecule has 0 fully saturated rings. The van der Waals surface area contributed by atoms with E-state index in [1.165, 1.54) is 11.3 Å². The molecule has 0 bridgehead atoms. The number of halogens is 1. The molecular weight excluding hydrogens is 388 g/mol. The summed E-state index contributed by atoms with van der Waals surface area (Å²) in [5.41, 5.74) is 3.25. The molecule has 0 unspecified atom stereocenters. The number of anilines is 1. The molecule has 3 rings (SSSR count). The largest absolute Gasteiger partial charge is 0.370 e. The van der Waals surface area contributed by atoms with E-state index in [-0.39, 0.29) is 5.91 Å². The molecule has 0 radical (unpaired) electrons. The maximum absolute atomic E-state index is 12.2. The normalized spacial score (nSPS) is 10.7. The van der Waals surface area contributed by atoms with Gasteiger partial charge < -0.3 is 14.7 Å². The van der Waals surface area contributed by atoms with Crippen molar-refractivity contribution < 1.29 is 9.32 Å². The van der Waals surface area contributed by atoms with Crippen molar-refractivity contribution >= 4 is 23.2 Å². The quantitative estimate of drug-likeness (QED) is 0.568. The number of rotatable bonds is 9. The van der Waals surface area contributed by atoms with Gasteiger partial charge in [0, 0.05) is 48.7 Å². The predicted octanol–water partition coefficient (Wildman–Crippen LogP) is 4.27. The molecule has 0 spiro atoms. The minimum atomic E-state index is -0.0305. The Morgan fingerprint density at radius 3 is 2.66 bits per heavy atom. The zero-order valence-corrected chi connectivity index (χ0v) is 17.4. The first-order valence-electron chi connectivity index (χ1n) is 9.72. The first-order valence-corrected chi connectivity index (χ1v) is 10.1. The molecule has 7 heteroatoms. The summed E-state index contributed by atoms with van der Waals surface area (Å²) >= 11 is 5.89. The van der Waals surface area contributed by atoms with Crippen LogP contribution in [0, 0.1) is 6.92 Å². The molecule has 1 N–H and O–H groups in total. The van der Waals surface area contributed by atoms with E-state index in [1.54, 1.807) is 12.1 Å². The van der Waals surface area contributed by atoms with Crippen LogP contribution in [-0.2, 0) is 11.2 Å². The van der Waals surface area contributed by atoms with Gasteiger partial charge in [-0.05, 0) is 49.7 Å². The van der Waals surface area contributed by atoms with Crippen molar-refractivity contribution in [2.24, 2.45) is 0 Å². The lowest BCUT2D eigenvalue weighted by Gasteiger charge is -2.25. The number of nitrogens with one attached hydrogen (secondary N) is 1. The first kappa shape index (κ1) is 20.9. The highest BCUT2D eigenvalue weighted by Gasteiger charge is 2.11. The Hall–Kier alpha value is -2.86. The monoisotopic (exact) mass is 412 g/mol. The van der Waals surface area contributed by atoms with E-state index >= 15 is 0 Å². The van der Waals surface area contributed by atoms with Gasteiger partial charge in [0.1, 0.15) is 0 Å². The van der Waals surface area contributed by atoms with E-state index < -0.39 is 0 Å². The van der Waals surface area contributed by atoms with Gasteiger partial charge in [-0.3, -0.25) is 4.79 Å². The topological polar surface area (TPSA) is 71.3 Å². The van der Waals surface area contributed by atoms with Crippen molar-refractivity contribution in [3.8, 4) is 11.4 Å². The lowest BCUT2D eigenvalue weighted by Crippen LogP contribution is -2.35. The van der Waals surface area contributed by atoms with Crippen molar-refractivity contribution in [1.29, 1.82) is 0 Å². The van der Waals surface area contributed by atoms with E-state index in [4.69, 9.17) is 16.1 Å². The zero-order chi connectivity index (χ0) is 20.6. The fraction of sp³-hybridized carbons (Fsp3) is 0.318. The van der Waals surface area contributed by atoms with Crippen LogP contribution in [0.25, 0.3) is 11.4 Å². The highest BCUT2D eigenvalue weighted by molar-refractivity contribution is 6.30. The first-order chi connectivity index (χ1) is 14.1. The summed E-state index contributed by atoms with van der Waals surface area (Å²) in [5.74, 6) is 0.908. The lowest BCUT2D eigenvalue weighted by atomic mass is 10.2. The number of aryl methyl sites for hydroxylation is 2. The second-order valence-electron chi connectivity index (χ2n) is 6.73. The van der Waals surface area contributed by atoms with Crippen LogP contribution >= 0.6 is 11.6 Å². The van der Waals surface area contributed by atoms with E-state index in [0.717, 1.165) is 18.7 Å². The predicted molar refractivity (Wildman–Crippen MR) is 115 cm³/mol. The summed E-state index contributed by atoms with van der Waals surface area (Å²) < 4.78 is 5.25. The van der Waals surface area contributed by atoms with E-state index in [9.17, 15) is 4.79 Å². The molecule has 0 atom stereocenters. The van der Waals surface area contributed by atoms with Gasteiger partial charge in [0.2, 0.25) is 17.6 Å². The molecule has 0 aliphatic carbocycles. The van der Waals surface area contributed by atoms with Crippen molar-refractivity contribution in [2.45, 2.75) is 26.7 Å². The smallest absolute Gasteiger partial charge is 0.227 e. The third kappa shape index (κ3) is 5.81. The summed E-state index contributed by atoms with van der Waals surface area (Å²) in [6.45, 7) is 6.44. The van der Waals surface area contributed by atoms with Crippen molar-refractivity contribution in [3.63, 3.8) is 0 Å². The minimum absolute atomic E-state index is 0.0305. The Labute approximate surface area is 175 Å². The maximum atomic E-state index is 12.2. The van der Waals surface area contributed by atoms with Gasteiger partial charge in [-0.25, -0.2) is 0 Å². The molecule has 0 aliphatic rings. The highest BCUT2D eigenvalue weighted by Crippen LogP contribution is 2.19. The number of hydrogen-bond acceptors (Lipinski definition) is 5. The molecule has 1 aromatic heterocycles. The molecule has 1 amide bonds. The Morgan fingerprint density at radius 1 is 1.17 bits per heavy atom. The summed E-state index contributed by atoms with van der Waals surface area (Å²) in [4.78, 5) is 18.8. The van der Waals surface area contributed by atoms with Crippen LogP contribution in [0.2, 0.25) is 5.02 Å². The summed E-state index contributed by atoms with van der Waals surface area (Å²) in [5, 5.41) is 7.58.